The van der Waals surface area contributed by atoms with Crippen molar-refractivity contribution in [2.24, 2.45) is 4.99 Å². The van der Waals surface area contributed by atoms with Gasteiger partial charge >= 0.3 is 0 Å². The quantitative estimate of drug-likeness (QED) is 0.880. The Morgan fingerprint density at radius 2 is 2.19 bits per heavy atom. The van der Waals surface area contributed by atoms with E-state index in [1.54, 1.807) is 0 Å². The van der Waals surface area contributed by atoms with Gasteiger partial charge in [-0.1, -0.05) is 30.0 Å². The predicted octanol–water partition coefficient (Wildman–Crippen LogP) is 2.92. The van der Waals surface area contributed by atoms with E-state index in [9.17, 15) is 0 Å². The molecule has 0 atom stereocenters. The van der Waals surface area contributed by atoms with Crippen molar-refractivity contribution in [2.45, 2.75) is 20.4 Å². The first kappa shape index (κ1) is 13.4. The standard InChI is InChI=1S/C12H16N2S.ClH/c1-9-4-3-5-11(10(9)2)8-14-12-13-6-7-15-12;/h3-5H,6-8H2,1-2H3,(H,13,14);1H. The van der Waals surface area contributed by atoms with Crippen LogP contribution in [0.4, 0.5) is 0 Å². The van der Waals surface area contributed by atoms with Crippen molar-refractivity contribution < 1.29 is 0 Å². The highest BCUT2D eigenvalue weighted by Crippen LogP contribution is 2.14. The van der Waals surface area contributed by atoms with E-state index in [-0.39, 0.29) is 12.4 Å². The van der Waals surface area contributed by atoms with Gasteiger partial charge in [-0.2, -0.15) is 0 Å². The Bertz CT molecular complexity index is 391. The highest BCUT2D eigenvalue weighted by Gasteiger charge is 2.07. The molecule has 0 unspecified atom stereocenters. The van der Waals surface area contributed by atoms with Crippen LogP contribution in [-0.4, -0.2) is 17.5 Å². The Labute approximate surface area is 107 Å². The molecule has 0 radical (unpaired) electrons. The van der Waals surface area contributed by atoms with E-state index in [2.05, 4.69) is 42.4 Å². The normalized spacial score (nSPS) is 14.2. The number of hydrogen-bond donors (Lipinski definition) is 1. The number of halogens is 1. The third kappa shape index (κ3) is 3.16. The Kier molecular flexibility index (Phi) is 5.16. The molecule has 0 aliphatic carbocycles. The summed E-state index contributed by atoms with van der Waals surface area (Å²) in [6.45, 7) is 6.18. The van der Waals surface area contributed by atoms with Gasteiger partial charge in [0.25, 0.3) is 0 Å². The first-order valence-electron chi connectivity index (χ1n) is 5.23. The topological polar surface area (TPSA) is 24.4 Å². The zero-order chi connectivity index (χ0) is 10.7. The van der Waals surface area contributed by atoms with Crippen molar-refractivity contribution in [3.8, 4) is 0 Å². The number of hydrogen-bond acceptors (Lipinski definition) is 3. The summed E-state index contributed by atoms with van der Waals surface area (Å²) in [5.74, 6) is 1.12. The van der Waals surface area contributed by atoms with Gasteiger partial charge in [-0.25, -0.2) is 0 Å². The minimum absolute atomic E-state index is 0. The Balaban J connectivity index is 0.00000128. The minimum atomic E-state index is 0. The zero-order valence-corrected chi connectivity index (χ0v) is 11.3. The van der Waals surface area contributed by atoms with Gasteiger partial charge in [0.2, 0.25) is 0 Å². The molecule has 0 saturated heterocycles. The molecular weight excluding hydrogens is 240 g/mol. The summed E-state index contributed by atoms with van der Waals surface area (Å²) in [5.41, 5.74) is 4.11. The van der Waals surface area contributed by atoms with Crippen LogP contribution in [0.25, 0.3) is 0 Å². The number of aliphatic imine (C=N–C) groups is 1. The van der Waals surface area contributed by atoms with Gasteiger partial charge in [0, 0.05) is 12.3 Å². The fraction of sp³-hybridized carbons (Fsp3) is 0.417. The number of amidine groups is 1. The maximum Gasteiger partial charge on any atom is 0.156 e. The lowest BCUT2D eigenvalue weighted by atomic mass is 10.0. The molecule has 1 aliphatic heterocycles. The van der Waals surface area contributed by atoms with E-state index < -0.39 is 0 Å². The Hall–Kier alpha value is -0.670. The predicted molar refractivity (Wildman–Crippen MR) is 74.8 cm³/mol. The molecule has 0 bridgehead atoms. The number of nitrogens with one attached hydrogen (secondary N) is 1. The molecule has 1 aromatic carbocycles. The van der Waals surface area contributed by atoms with Crippen molar-refractivity contribution in [3.05, 3.63) is 34.9 Å². The summed E-state index contributed by atoms with van der Waals surface area (Å²) in [7, 11) is 0. The lowest BCUT2D eigenvalue weighted by Crippen LogP contribution is -2.18. The van der Waals surface area contributed by atoms with E-state index >= 15 is 0 Å². The third-order valence-corrected chi connectivity index (χ3v) is 3.67. The number of rotatable bonds is 2. The first-order valence-corrected chi connectivity index (χ1v) is 6.22. The third-order valence-electron chi connectivity index (χ3n) is 2.73. The van der Waals surface area contributed by atoms with Crippen LogP contribution in [0.1, 0.15) is 16.7 Å². The van der Waals surface area contributed by atoms with E-state index in [1.807, 2.05) is 11.8 Å². The van der Waals surface area contributed by atoms with Crippen molar-refractivity contribution in [1.82, 2.24) is 5.32 Å². The summed E-state index contributed by atoms with van der Waals surface area (Å²) in [6, 6.07) is 6.44. The smallest absolute Gasteiger partial charge is 0.156 e. The molecule has 0 spiro atoms. The van der Waals surface area contributed by atoms with E-state index in [4.69, 9.17) is 0 Å². The second kappa shape index (κ2) is 6.16. The highest BCUT2D eigenvalue weighted by molar-refractivity contribution is 8.14. The van der Waals surface area contributed by atoms with Crippen molar-refractivity contribution in [1.29, 1.82) is 0 Å². The molecule has 1 aromatic rings. The van der Waals surface area contributed by atoms with Crippen molar-refractivity contribution in [3.63, 3.8) is 0 Å². The van der Waals surface area contributed by atoms with Crippen LogP contribution in [0.15, 0.2) is 23.2 Å². The molecule has 4 heteroatoms. The van der Waals surface area contributed by atoms with E-state index in [0.29, 0.717) is 0 Å². The molecule has 88 valence electrons. The molecule has 1 aliphatic rings. The number of nitrogens with zero attached hydrogens (tertiary/aromatic N) is 1. The van der Waals surface area contributed by atoms with Crippen LogP contribution in [0.5, 0.6) is 0 Å². The SMILES string of the molecule is Cc1cccc(CNC2=NCCS2)c1C.Cl. The fourth-order valence-corrected chi connectivity index (χ4v) is 2.35. The van der Waals surface area contributed by atoms with Crippen molar-refractivity contribution >= 4 is 29.3 Å². The number of aryl methyl sites for hydroxylation is 1. The summed E-state index contributed by atoms with van der Waals surface area (Å²) in [4.78, 5) is 4.37. The fourth-order valence-electron chi connectivity index (χ4n) is 1.62. The lowest BCUT2D eigenvalue weighted by molar-refractivity contribution is 0.910. The van der Waals surface area contributed by atoms with Gasteiger partial charge in [-0.15, -0.1) is 12.4 Å². The molecule has 0 aromatic heterocycles. The Morgan fingerprint density at radius 1 is 1.38 bits per heavy atom. The van der Waals surface area contributed by atoms with Crippen LogP contribution in [0.2, 0.25) is 0 Å². The average Bonchev–Trinajstić information content (AvgIpc) is 2.73. The maximum absolute atomic E-state index is 4.37. The summed E-state index contributed by atoms with van der Waals surface area (Å²) >= 11 is 1.81. The maximum atomic E-state index is 4.37. The summed E-state index contributed by atoms with van der Waals surface area (Å²) in [5, 5.41) is 4.47. The van der Waals surface area contributed by atoms with Crippen LogP contribution in [0, 0.1) is 13.8 Å². The monoisotopic (exact) mass is 256 g/mol. The van der Waals surface area contributed by atoms with Crippen LogP contribution in [0.3, 0.4) is 0 Å². The number of thioether (sulfide) groups is 1. The average molecular weight is 257 g/mol. The largest absolute Gasteiger partial charge is 0.361 e. The second-order valence-corrected chi connectivity index (χ2v) is 4.83. The molecule has 1 N–H and O–H groups in total. The summed E-state index contributed by atoms with van der Waals surface area (Å²) < 4.78 is 0. The van der Waals surface area contributed by atoms with Gasteiger partial charge in [0.15, 0.2) is 5.17 Å². The molecule has 2 nitrogen and oxygen atoms in total. The van der Waals surface area contributed by atoms with Gasteiger partial charge in [0.05, 0.1) is 6.54 Å². The zero-order valence-electron chi connectivity index (χ0n) is 9.62. The number of benzene rings is 1. The molecule has 2 rings (SSSR count). The molecule has 1 heterocycles. The van der Waals surface area contributed by atoms with E-state index in [1.165, 1.54) is 16.7 Å². The van der Waals surface area contributed by atoms with Crippen LogP contribution in [-0.2, 0) is 6.54 Å². The Morgan fingerprint density at radius 3 is 2.88 bits per heavy atom. The van der Waals surface area contributed by atoms with Crippen LogP contribution < -0.4 is 5.32 Å². The molecule has 0 saturated carbocycles. The lowest BCUT2D eigenvalue weighted by Gasteiger charge is -2.09. The summed E-state index contributed by atoms with van der Waals surface area (Å²) in [6.07, 6.45) is 0. The van der Waals surface area contributed by atoms with Gasteiger partial charge in [-0.05, 0) is 30.5 Å². The van der Waals surface area contributed by atoms with Gasteiger partial charge < -0.3 is 5.32 Å². The van der Waals surface area contributed by atoms with Crippen LogP contribution >= 0.6 is 24.2 Å². The molecule has 16 heavy (non-hydrogen) atoms. The van der Waals surface area contributed by atoms with Gasteiger partial charge in [-0.3, -0.25) is 4.99 Å². The van der Waals surface area contributed by atoms with E-state index in [0.717, 1.165) is 24.0 Å². The van der Waals surface area contributed by atoms with Crippen molar-refractivity contribution in [2.75, 3.05) is 12.3 Å². The highest BCUT2D eigenvalue weighted by atomic mass is 35.5. The minimum Gasteiger partial charge on any atom is -0.361 e. The van der Waals surface area contributed by atoms with Gasteiger partial charge in [0.1, 0.15) is 0 Å². The molecule has 0 fully saturated rings. The molecular formula is C12H17ClN2S. The first-order chi connectivity index (χ1) is 7.27. The second-order valence-electron chi connectivity index (χ2n) is 3.75. The molecule has 0 amide bonds.